The van der Waals surface area contributed by atoms with Crippen molar-refractivity contribution in [3.8, 4) is 0 Å². The summed E-state index contributed by atoms with van der Waals surface area (Å²) < 4.78 is 6.27. The van der Waals surface area contributed by atoms with Crippen LogP contribution in [0.2, 0.25) is 0 Å². The maximum atomic E-state index is 11.8. The average Bonchev–Trinajstić information content (AvgIpc) is 2.96. The van der Waals surface area contributed by atoms with Gasteiger partial charge < -0.3 is 9.84 Å². The lowest BCUT2D eigenvalue weighted by atomic mass is 10.4. The number of nitrogens with zero attached hydrogens (tertiary/aromatic N) is 4. The minimum atomic E-state index is -0.357. The van der Waals surface area contributed by atoms with E-state index in [2.05, 4.69) is 25.0 Å². The van der Waals surface area contributed by atoms with E-state index in [1.165, 1.54) is 6.26 Å². The summed E-state index contributed by atoms with van der Waals surface area (Å²) in [5.41, 5.74) is 0.270. The molecule has 3 rings (SSSR count). The molecule has 0 unspecified atom stereocenters. The first-order valence-corrected chi connectivity index (χ1v) is 4.84. The summed E-state index contributed by atoms with van der Waals surface area (Å²) in [4.78, 5) is 19.9. The molecule has 0 spiro atoms. The predicted molar refractivity (Wildman–Crippen MR) is 57.4 cm³/mol. The second-order valence-electron chi connectivity index (χ2n) is 3.29. The monoisotopic (exact) mass is 229 g/mol. The second kappa shape index (κ2) is 3.71. The molecule has 1 N–H and O–H groups in total. The maximum absolute atomic E-state index is 11.8. The Bertz CT molecular complexity index is 625. The molecule has 0 saturated carbocycles. The molecular weight excluding hydrogens is 222 g/mol. The molecular formula is C10H7N5O2. The molecule has 0 fully saturated rings. The van der Waals surface area contributed by atoms with Crippen molar-refractivity contribution in [3.63, 3.8) is 0 Å². The number of hydrogen-bond donors (Lipinski definition) is 1. The van der Waals surface area contributed by atoms with Crippen LogP contribution in [0.4, 0.5) is 5.82 Å². The highest BCUT2D eigenvalue weighted by Crippen LogP contribution is 2.06. The molecule has 3 aromatic rings. The van der Waals surface area contributed by atoms with Gasteiger partial charge in [-0.25, -0.2) is 9.97 Å². The van der Waals surface area contributed by atoms with Gasteiger partial charge in [0, 0.05) is 24.7 Å². The number of carbonyl (C=O) groups excluding carboxylic acids is 1. The van der Waals surface area contributed by atoms with Crippen molar-refractivity contribution in [3.05, 3.63) is 42.7 Å². The second-order valence-corrected chi connectivity index (χ2v) is 3.29. The average molecular weight is 229 g/mol. The Morgan fingerprint density at radius 2 is 2.41 bits per heavy atom. The zero-order valence-electron chi connectivity index (χ0n) is 8.57. The largest absolute Gasteiger partial charge is 0.363 e. The summed E-state index contributed by atoms with van der Waals surface area (Å²) in [6, 6.07) is 3.31. The highest BCUT2D eigenvalue weighted by Gasteiger charge is 2.12. The number of fused-ring (bicyclic) bond motifs is 1. The molecule has 3 aromatic heterocycles. The molecule has 0 radical (unpaired) electrons. The minimum Gasteiger partial charge on any atom is -0.363 e. The predicted octanol–water partition coefficient (Wildman–Crippen LogP) is 0.970. The molecule has 0 aromatic carbocycles. The first kappa shape index (κ1) is 9.52. The van der Waals surface area contributed by atoms with Crippen molar-refractivity contribution in [1.82, 2.24) is 19.5 Å². The molecule has 7 heteroatoms. The van der Waals surface area contributed by atoms with Gasteiger partial charge in [-0.2, -0.15) is 0 Å². The van der Waals surface area contributed by atoms with Crippen LogP contribution in [-0.4, -0.2) is 25.4 Å². The van der Waals surface area contributed by atoms with Crippen molar-refractivity contribution >= 4 is 17.5 Å². The highest BCUT2D eigenvalue weighted by atomic mass is 16.5. The zero-order chi connectivity index (χ0) is 11.7. The molecule has 84 valence electrons. The van der Waals surface area contributed by atoms with E-state index in [-0.39, 0.29) is 11.6 Å². The molecule has 1 amide bonds. The molecule has 0 aliphatic rings. The van der Waals surface area contributed by atoms with Crippen LogP contribution < -0.4 is 5.32 Å². The molecule has 0 bridgehead atoms. The summed E-state index contributed by atoms with van der Waals surface area (Å²) >= 11 is 0. The van der Waals surface area contributed by atoms with Crippen LogP contribution in [0.1, 0.15) is 10.5 Å². The van der Waals surface area contributed by atoms with Crippen LogP contribution >= 0.6 is 0 Å². The molecule has 3 heterocycles. The van der Waals surface area contributed by atoms with E-state index in [1.54, 1.807) is 35.1 Å². The fourth-order valence-corrected chi connectivity index (χ4v) is 1.40. The topological polar surface area (TPSA) is 85.3 Å². The zero-order valence-corrected chi connectivity index (χ0v) is 8.57. The van der Waals surface area contributed by atoms with Gasteiger partial charge in [-0.1, -0.05) is 5.16 Å². The summed E-state index contributed by atoms with van der Waals surface area (Å²) in [6.07, 6.45) is 6.35. The summed E-state index contributed by atoms with van der Waals surface area (Å²) in [5, 5.41) is 6.13. The Hall–Kier alpha value is -2.70. The van der Waals surface area contributed by atoms with Crippen molar-refractivity contribution in [2.45, 2.75) is 0 Å². The smallest absolute Gasteiger partial charge is 0.277 e. The third-order valence-corrected chi connectivity index (χ3v) is 2.15. The summed E-state index contributed by atoms with van der Waals surface area (Å²) in [5.74, 6) is 0.460. The molecule has 0 aliphatic carbocycles. The first-order valence-electron chi connectivity index (χ1n) is 4.84. The van der Waals surface area contributed by atoms with E-state index >= 15 is 0 Å². The van der Waals surface area contributed by atoms with Gasteiger partial charge in [-0.05, 0) is 6.07 Å². The van der Waals surface area contributed by atoms with Crippen LogP contribution in [0.15, 0.2) is 41.5 Å². The quantitative estimate of drug-likeness (QED) is 0.707. The van der Waals surface area contributed by atoms with Crippen molar-refractivity contribution in [2.75, 3.05) is 5.32 Å². The van der Waals surface area contributed by atoms with Crippen molar-refractivity contribution in [1.29, 1.82) is 0 Å². The minimum absolute atomic E-state index is 0.270. The van der Waals surface area contributed by atoms with Gasteiger partial charge in [0.15, 0.2) is 5.82 Å². The first-order chi connectivity index (χ1) is 8.33. The van der Waals surface area contributed by atoms with E-state index in [0.29, 0.717) is 11.6 Å². The van der Waals surface area contributed by atoms with Gasteiger partial charge >= 0.3 is 0 Å². The number of hydrogen-bond acceptors (Lipinski definition) is 5. The van der Waals surface area contributed by atoms with Gasteiger partial charge in [0.25, 0.3) is 5.91 Å². The Morgan fingerprint density at radius 1 is 1.47 bits per heavy atom. The van der Waals surface area contributed by atoms with Crippen LogP contribution in [0, 0.1) is 0 Å². The third kappa shape index (κ3) is 1.73. The van der Waals surface area contributed by atoms with Crippen LogP contribution in [-0.2, 0) is 0 Å². The third-order valence-electron chi connectivity index (χ3n) is 2.15. The SMILES string of the molecule is O=C(Nc1ccon1)c1cn2cccnc2n1. The van der Waals surface area contributed by atoms with Crippen LogP contribution in [0.25, 0.3) is 5.78 Å². The number of imidazole rings is 1. The van der Waals surface area contributed by atoms with E-state index in [0.717, 1.165) is 0 Å². The highest BCUT2D eigenvalue weighted by molar-refractivity contribution is 6.02. The summed E-state index contributed by atoms with van der Waals surface area (Å²) in [7, 11) is 0. The lowest BCUT2D eigenvalue weighted by Gasteiger charge is -1.95. The Balaban J connectivity index is 1.90. The van der Waals surface area contributed by atoms with Crippen molar-refractivity contribution in [2.24, 2.45) is 0 Å². The molecule has 0 aliphatic heterocycles. The van der Waals surface area contributed by atoms with E-state index in [4.69, 9.17) is 0 Å². The van der Waals surface area contributed by atoms with Crippen LogP contribution in [0.5, 0.6) is 0 Å². The normalized spacial score (nSPS) is 10.6. The Kier molecular flexibility index (Phi) is 2.08. The maximum Gasteiger partial charge on any atom is 0.277 e. The number of anilines is 1. The number of rotatable bonds is 2. The van der Waals surface area contributed by atoms with Gasteiger partial charge in [-0.3, -0.25) is 9.20 Å². The number of amides is 1. The number of nitrogens with one attached hydrogen (secondary N) is 1. The van der Waals surface area contributed by atoms with Gasteiger partial charge in [0.05, 0.1) is 0 Å². The fraction of sp³-hybridized carbons (Fsp3) is 0. The van der Waals surface area contributed by atoms with E-state index < -0.39 is 0 Å². The molecule has 7 nitrogen and oxygen atoms in total. The lowest BCUT2D eigenvalue weighted by molar-refractivity contribution is 0.102. The lowest BCUT2D eigenvalue weighted by Crippen LogP contribution is -2.12. The Labute approximate surface area is 95.1 Å². The van der Waals surface area contributed by atoms with Crippen LogP contribution in [0.3, 0.4) is 0 Å². The summed E-state index contributed by atoms with van der Waals surface area (Å²) in [6.45, 7) is 0. The standard InChI is InChI=1S/C10H7N5O2/c16-9(13-8-2-5-17-14-8)7-6-15-4-1-3-11-10(15)12-7/h1-6H,(H,13,14,16). The number of aromatic nitrogens is 4. The van der Waals surface area contributed by atoms with E-state index in [9.17, 15) is 4.79 Å². The van der Waals surface area contributed by atoms with Crippen molar-refractivity contribution < 1.29 is 9.32 Å². The van der Waals surface area contributed by atoms with Gasteiger partial charge in [0.2, 0.25) is 5.78 Å². The number of carbonyl (C=O) groups is 1. The molecule has 0 atom stereocenters. The molecule has 0 saturated heterocycles. The van der Waals surface area contributed by atoms with Gasteiger partial charge in [0.1, 0.15) is 12.0 Å². The fourth-order valence-electron chi connectivity index (χ4n) is 1.40. The van der Waals surface area contributed by atoms with E-state index in [1.807, 2.05) is 0 Å². The molecule has 17 heavy (non-hydrogen) atoms. The Morgan fingerprint density at radius 3 is 3.18 bits per heavy atom. The van der Waals surface area contributed by atoms with Gasteiger partial charge in [-0.15, -0.1) is 0 Å².